The molecule has 1 aromatic rings. The van der Waals surface area contributed by atoms with Gasteiger partial charge >= 0.3 is 5.97 Å². The first kappa shape index (κ1) is 12.2. The van der Waals surface area contributed by atoms with Crippen molar-refractivity contribution in [3.63, 3.8) is 0 Å². The highest BCUT2D eigenvalue weighted by molar-refractivity contribution is 9.10. The van der Waals surface area contributed by atoms with Gasteiger partial charge in [0.05, 0.1) is 22.3 Å². The smallest absolute Gasteiger partial charge is 0.307 e. The Morgan fingerprint density at radius 2 is 2.27 bits per heavy atom. The van der Waals surface area contributed by atoms with Crippen molar-refractivity contribution in [3.8, 4) is 0 Å². The van der Waals surface area contributed by atoms with Crippen LogP contribution < -0.4 is 0 Å². The molecule has 0 bridgehead atoms. The van der Waals surface area contributed by atoms with Crippen LogP contribution in [0.4, 0.5) is 0 Å². The van der Waals surface area contributed by atoms with E-state index in [9.17, 15) is 4.79 Å². The fraction of sp³-hybridized carbons (Fsp3) is 0.600. The minimum atomic E-state index is -0.752. The highest BCUT2D eigenvalue weighted by Crippen LogP contribution is 2.22. The van der Waals surface area contributed by atoms with Crippen molar-refractivity contribution in [2.24, 2.45) is 18.9 Å². The summed E-state index contributed by atoms with van der Waals surface area (Å²) < 4.78 is 2.58. The quantitative estimate of drug-likeness (QED) is 0.915. The molecule has 4 nitrogen and oxygen atoms in total. The van der Waals surface area contributed by atoms with Crippen molar-refractivity contribution >= 4 is 21.9 Å². The second kappa shape index (κ2) is 4.79. The van der Waals surface area contributed by atoms with Crippen LogP contribution in [0.5, 0.6) is 0 Å². The summed E-state index contributed by atoms with van der Waals surface area (Å²) in [7, 11) is 1.82. The van der Waals surface area contributed by atoms with E-state index in [1.807, 2.05) is 20.9 Å². The number of hydrogen-bond acceptors (Lipinski definition) is 2. The van der Waals surface area contributed by atoms with Crippen LogP contribution in [-0.4, -0.2) is 20.9 Å². The maximum atomic E-state index is 11.0. The lowest BCUT2D eigenvalue weighted by Gasteiger charge is -2.16. The molecule has 84 valence electrons. The van der Waals surface area contributed by atoms with Crippen molar-refractivity contribution in [2.75, 3.05) is 0 Å². The summed E-state index contributed by atoms with van der Waals surface area (Å²) in [5.41, 5.74) is 0.927. The van der Waals surface area contributed by atoms with Crippen molar-refractivity contribution in [1.29, 1.82) is 0 Å². The molecule has 0 spiro atoms. The Kier molecular flexibility index (Phi) is 3.90. The van der Waals surface area contributed by atoms with Crippen molar-refractivity contribution in [2.45, 2.75) is 20.3 Å². The van der Waals surface area contributed by atoms with Gasteiger partial charge in [-0.3, -0.25) is 9.48 Å². The van der Waals surface area contributed by atoms with Gasteiger partial charge in [-0.25, -0.2) is 0 Å². The zero-order chi connectivity index (χ0) is 11.6. The van der Waals surface area contributed by atoms with Crippen LogP contribution in [0.1, 0.15) is 19.5 Å². The molecule has 1 atom stereocenters. The number of nitrogens with zero attached hydrogens (tertiary/aromatic N) is 2. The van der Waals surface area contributed by atoms with Gasteiger partial charge in [0.2, 0.25) is 0 Å². The van der Waals surface area contributed by atoms with E-state index >= 15 is 0 Å². The molecule has 0 aliphatic rings. The molecule has 0 saturated carbocycles. The van der Waals surface area contributed by atoms with Gasteiger partial charge in [0, 0.05) is 13.5 Å². The summed E-state index contributed by atoms with van der Waals surface area (Å²) in [6.45, 7) is 3.84. The lowest BCUT2D eigenvalue weighted by molar-refractivity contribution is -0.143. The van der Waals surface area contributed by atoms with Crippen molar-refractivity contribution in [3.05, 3.63) is 16.4 Å². The lowest BCUT2D eigenvalue weighted by atomic mass is 9.91. The summed E-state index contributed by atoms with van der Waals surface area (Å²) in [5, 5.41) is 13.1. The average molecular weight is 275 g/mol. The first-order valence-corrected chi connectivity index (χ1v) is 5.62. The number of aromatic nitrogens is 2. The van der Waals surface area contributed by atoms with Gasteiger partial charge in [-0.15, -0.1) is 0 Å². The summed E-state index contributed by atoms with van der Waals surface area (Å²) in [6.07, 6.45) is 2.19. The molecule has 1 N–H and O–H groups in total. The van der Waals surface area contributed by atoms with Gasteiger partial charge in [0.1, 0.15) is 0 Å². The highest BCUT2D eigenvalue weighted by atomic mass is 79.9. The van der Waals surface area contributed by atoms with Crippen LogP contribution in [0.2, 0.25) is 0 Å². The molecular weight excluding hydrogens is 260 g/mol. The van der Waals surface area contributed by atoms with Crippen LogP contribution in [0.3, 0.4) is 0 Å². The molecule has 0 amide bonds. The summed E-state index contributed by atoms with van der Waals surface area (Å²) in [4.78, 5) is 11.0. The largest absolute Gasteiger partial charge is 0.481 e. The molecule has 1 rings (SSSR count). The Bertz CT molecular complexity index is 341. The number of carbonyl (C=O) groups is 1. The van der Waals surface area contributed by atoms with Gasteiger partial charge in [-0.2, -0.15) is 5.10 Å². The van der Waals surface area contributed by atoms with Gasteiger partial charge < -0.3 is 5.11 Å². The highest BCUT2D eigenvalue weighted by Gasteiger charge is 2.24. The number of carboxylic acids is 1. The molecule has 5 heteroatoms. The number of carboxylic acid groups (broad SMARTS) is 1. The fourth-order valence-electron chi connectivity index (χ4n) is 1.48. The van der Waals surface area contributed by atoms with Crippen LogP contribution in [0, 0.1) is 11.8 Å². The summed E-state index contributed by atoms with van der Waals surface area (Å²) in [5.74, 6) is -1.00. The molecular formula is C10H15BrN2O2. The van der Waals surface area contributed by atoms with E-state index in [-0.39, 0.29) is 11.8 Å². The Morgan fingerprint density at radius 3 is 2.60 bits per heavy atom. The molecule has 1 heterocycles. The third-order valence-corrected chi connectivity index (χ3v) is 3.21. The fourth-order valence-corrected chi connectivity index (χ4v) is 1.99. The van der Waals surface area contributed by atoms with E-state index in [0.29, 0.717) is 6.42 Å². The normalized spacial score (nSPS) is 13.1. The summed E-state index contributed by atoms with van der Waals surface area (Å²) in [6, 6.07) is 0. The standard InChI is InChI=1S/C10H15BrN2O2/c1-6(2)7(10(14)15)4-9-8(11)5-12-13(9)3/h5-7H,4H2,1-3H3,(H,14,15). The van der Waals surface area contributed by atoms with E-state index in [2.05, 4.69) is 21.0 Å². The van der Waals surface area contributed by atoms with Crippen LogP contribution >= 0.6 is 15.9 Å². The predicted molar refractivity (Wildman–Crippen MR) is 60.6 cm³/mol. The monoisotopic (exact) mass is 274 g/mol. The van der Waals surface area contributed by atoms with Crippen LogP contribution in [0.25, 0.3) is 0 Å². The number of rotatable bonds is 4. The second-order valence-corrected chi connectivity index (χ2v) is 4.81. The first-order valence-electron chi connectivity index (χ1n) is 4.82. The third-order valence-electron chi connectivity index (χ3n) is 2.55. The molecule has 0 radical (unpaired) electrons. The predicted octanol–water partition coefficient (Wildman–Crippen LogP) is 2.08. The summed E-state index contributed by atoms with van der Waals surface area (Å²) >= 11 is 3.37. The Balaban J connectivity index is 2.88. The van der Waals surface area contributed by atoms with Crippen LogP contribution in [0.15, 0.2) is 10.7 Å². The lowest BCUT2D eigenvalue weighted by Crippen LogP contribution is -2.23. The Morgan fingerprint density at radius 1 is 1.67 bits per heavy atom. The van der Waals surface area contributed by atoms with E-state index in [0.717, 1.165) is 10.2 Å². The zero-order valence-corrected chi connectivity index (χ0v) is 10.7. The molecule has 0 aliphatic heterocycles. The number of aryl methyl sites for hydroxylation is 1. The SMILES string of the molecule is CC(C)C(Cc1c(Br)cnn1C)C(=O)O. The molecule has 0 aromatic carbocycles. The Hall–Kier alpha value is -0.840. The van der Waals surface area contributed by atoms with E-state index < -0.39 is 5.97 Å². The average Bonchev–Trinajstić information content (AvgIpc) is 2.42. The zero-order valence-electron chi connectivity index (χ0n) is 9.07. The van der Waals surface area contributed by atoms with Gasteiger partial charge in [-0.1, -0.05) is 13.8 Å². The molecule has 15 heavy (non-hydrogen) atoms. The number of halogens is 1. The van der Waals surface area contributed by atoms with E-state index in [4.69, 9.17) is 5.11 Å². The molecule has 0 aliphatic carbocycles. The molecule has 1 aromatic heterocycles. The van der Waals surface area contributed by atoms with Crippen LogP contribution in [-0.2, 0) is 18.3 Å². The van der Waals surface area contributed by atoms with Gasteiger partial charge in [-0.05, 0) is 21.8 Å². The molecule has 1 unspecified atom stereocenters. The molecule has 0 fully saturated rings. The maximum Gasteiger partial charge on any atom is 0.307 e. The van der Waals surface area contributed by atoms with Crippen molar-refractivity contribution in [1.82, 2.24) is 9.78 Å². The molecule has 0 saturated heterocycles. The Labute approximate surface area is 97.4 Å². The number of aliphatic carboxylic acids is 1. The number of hydrogen-bond donors (Lipinski definition) is 1. The third kappa shape index (κ3) is 2.81. The first-order chi connectivity index (χ1) is 6.93. The van der Waals surface area contributed by atoms with E-state index in [1.165, 1.54) is 0 Å². The minimum Gasteiger partial charge on any atom is -0.481 e. The van der Waals surface area contributed by atoms with E-state index in [1.54, 1.807) is 10.9 Å². The minimum absolute atomic E-state index is 0.115. The van der Waals surface area contributed by atoms with Gasteiger partial charge in [0.15, 0.2) is 0 Å². The second-order valence-electron chi connectivity index (χ2n) is 3.96. The maximum absolute atomic E-state index is 11.0. The topological polar surface area (TPSA) is 55.1 Å². The van der Waals surface area contributed by atoms with Gasteiger partial charge in [0.25, 0.3) is 0 Å². The van der Waals surface area contributed by atoms with Crippen molar-refractivity contribution < 1.29 is 9.90 Å².